The molecule has 0 radical (unpaired) electrons. The topological polar surface area (TPSA) is 97.2 Å². The average molecular weight is 414 g/mol. The number of hydrogen-bond acceptors (Lipinski definition) is 6. The van der Waals surface area contributed by atoms with Gasteiger partial charge in [-0.05, 0) is 38.1 Å². The van der Waals surface area contributed by atoms with Crippen molar-refractivity contribution in [1.29, 1.82) is 0 Å². The molecular formula is C17H24ClN5O3S. The van der Waals surface area contributed by atoms with E-state index in [0.717, 1.165) is 11.9 Å². The number of benzene rings is 1. The summed E-state index contributed by atoms with van der Waals surface area (Å²) in [7, 11) is -1.92. The maximum absolute atomic E-state index is 13.0. The number of sulfone groups is 1. The van der Waals surface area contributed by atoms with E-state index < -0.39 is 14.6 Å². The van der Waals surface area contributed by atoms with Crippen LogP contribution in [0.5, 0.6) is 0 Å². The van der Waals surface area contributed by atoms with Crippen molar-refractivity contribution in [2.24, 2.45) is 0 Å². The van der Waals surface area contributed by atoms with Gasteiger partial charge in [-0.1, -0.05) is 18.2 Å². The maximum atomic E-state index is 13.0. The minimum Gasteiger partial charge on any atom is -0.338 e. The highest BCUT2D eigenvalue weighted by molar-refractivity contribution is 7.92. The highest BCUT2D eigenvalue weighted by Crippen LogP contribution is 2.30. The molecule has 1 aliphatic heterocycles. The number of piperidine rings is 1. The van der Waals surface area contributed by atoms with Crippen LogP contribution >= 0.6 is 12.4 Å². The van der Waals surface area contributed by atoms with Crippen molar-refractivity contribution in [1.82, 2.24) is 25.2 Å². The second-order valence-corrected chi connectivity index (χ2v) is 8.96. The first-order valence-electron chi connectivity index (χ1n) is 8.46. The zero-order valence-electron chi connectivity index (χ0n) is 15.3. The van der Waals surface area contributed by atoms with Crippen LogP contribution in [-0.2, 0) is 21.2 Å². The van der Waals surface area contributed by atoms with Crippen LogP contribution in [0, 0.1) is 0 Å². The molecule has 0 aliphatic carbocycles. The third-order valence-electron chi connectivity index (χ3n) is 4.78. The first kappa shape index (κ1) is 21.3. The summed E-state index contributed by atoms with van der Waals surface area (Å²) in [4.78, 5) is 15.9. The van der Waals surface area contributed by atoms with Gasteiger partial charge < -0.3 is 10.2 Å². The molecule has 0 unspecified atom stereocenters. The van der Waals surface area contributed by atoms with Gasteiger partial charge in [0.15, 0.2) is 14.6 Å². The van der Waals surface area contributed by atoms with Crippen LogP contribution in [0.3, 0.4) is 0 Å². The van der Waals surface area contributed by atoms with Crippen LogP contribution < -0.4 is 5.32 Å². The van der Waals surface area contributed by atoms with Crippen molar-refractivity contribution in [3.63, 3.8) is 0 Å². The number of rotatable bonds is 5. The minimum absolute atomic E-state index is 0. The molecule has 1 saturated heterocycles. The zero-order chi connectivity index (χ0) is 18.8. The van der Waals surface area contributed by atoms with Gasteiger partial charge in [0.25, 0.3) is 0 Å². The predicted molar refractivity (Wildman–Crippen MR) is 105 cm³/mol. The number of halogens is 1. The molecule has 1 aliphatic rings. The summed E-state index contributed by atoms with van der Waals surface area (Å²) in [5, 5.41) is 11.7. The summed E-state index contributed by atoms with van der Waals surface area (Å²) in [6, 6.07) is 9.45. The molecule has 2 heterocycles. The van der Waals surface area contributed by atoms with Crippen molar-refractivity contribution in [3.05, 3.63) is 42.2 Å². The van der Waals surface area contributed by atoms with E-state index in [1.54, 1.807) is 13.2 Å². The number of carbonyl (C=O) groups is 1. The van der Waals surface area contributed by atoms with Gasteiger partial charge in [0, 0.05) is 13.3 Å². The largest absolute Gasteiger partial charge is 0.338 e. The number of nitrogens with one attached hydrogen (secondary N) is 1. The van der Waals surface area contributed by atoms with Crippen molar-refractivity contribution >= 4 is 28.2 Å². The van der Waals surface area contributed by atoms with E-state index in [1.807, 2.05) is 30.3 Å². The number of aromatic nitrogens is 3. The third kappa shape index (κ3) is 4.31. The van der Waals surface area contributed by atoms with Gasteiger partial charge in [0.05, 0.1) is 18.4 Å². The Balaban J connectivity index is 0.00000261. The van der Waals surface area contributed by atoms with Crippen LogP contribution in [-0.4, -0.2) is 65.4 Å². The van der Waals surface area contributed by atoms with E-state index in [1.165, 1.54) is 9.70 Å². The minimum atomic E-state index is -3.53. The van der Waals surface area contributed by atoms with E-state index in [0.29, 0.717) is 18.8 Å². The standard InChI is InChI=1S/C17H23N5O3S.ClH/c1-21(16(23)17(26(2,24)25)8-10-18-11-9-17)13-14-12-19-22(20-14)15-6-4-3-5-7-15;/h3-7,12,18H,8-11,13H2,1-2H3;1H. The van der Waals surface area contributed by atoms with Crippen molar-refractivity contribution in [2.75, 3.05) is 26.4 Å². The van der Waals surface area contributed by atoms with Gasteiger partial charge in [-0.3, -0.25) is 4.79 Å². The van der Waals surface area contributed by atoms with Crippen LogP contribution in [0.4, 0.5) is 0 Å². The van der Waals surface area contributed by atoms with Crippen LogP contribution in [0.15, 0.2) is 36.5 Å². The second-order valence-electron chi connectivity index (χ2n) is 6.64. The lowest BCUT2D eigenvalue weighted by atomic mass is 9.95. The quantitative estimate of drug-likeness (QED) is 0.779. The third-order valence-corrected chi connectivity index (χ3v) is 6.79. The Bertz CT molecular complexity index is 879. The highest BCUT2D eigenvalue weighted by atomic mass is 35.5. The fraction of sp³-hybridized carbons (Fsp3) is 0.471. The predicted octanol–water partition coefficient (Wildman–Crippen LogP) is 0.814. The maximum Gasteiger partial charge on any atom is 0.244 e. The average Bonchev–Trinajstić information content (AvgIpc) is 3.10. The monoisotopic (exact) mass is 413 g/mol. The number of nitrogens with zero attached hydrogens (tertiary/aromatic N) is 4. The molecule has 0 spiro atoms. The van der Waals surface area contributed by atoms with Gasteiger partial charge in [-0.25, -0.2) is 8.42 Å². The van der Waals surface area contributed by atoms with Crippen molar-refractivity contribution in [2.45, 2.75) is 24.1 Å². The molecule has 148 valence electrons. The Labute approximate surface area is 165 Å². The number of hydrogen-bond donors (Lipinski definition) is 1. The van der Waals surface area contributed by atoms with Gasteiger partial charge in [0.1, 0.15) is 5.69 Å². The molecule has 1 amide bonds. The summed E-state index contributed by atoms with van der Waals surface area (Å²) >= 11 is 0. The van der Waals surface area contributed by atoms with Crippen LogP contribution in [0.1, 0.15) is 18.5 Å². The highest BCUT2D eigenvalue weighted by Gasteiger charge is 2.49. The van der Waals surface area contributed by atoms with Crippen molar-refractivity contribution in [3.8, 4) is 5.69 Å². The molecule has 27 heavy (non-hydrogen) atoms. The SMILES string of the molecule is CN(Cc1cnn(-c2ccccc2)n1)C(=O)C1(S(C)(=O)=O)CCNCC1.Cl. The fourth-order valence-electron chi connectivity index (χ4n) is 3.29. The second kappa shape index (κ2) is 8.37. The lowest BCUT2D eigenvalue weighted by Gasteiger charge is -2.37. The summed E-state index contributed by atoms with van der Waals surface area (Å²) < 4.78 is 23.4. The zero-order valence-corrected chi connectivity index (χ0v) is 17.0. The van der Waals surface area contributed by atoms with Crippen LogP contribution in [0.2, 0.25) is 0 Å². The molecule has 8 nitrogen and oxygen atoms in total. The van der Waals surface area contributed by atoms with E-state index in [9.17, 15) is 13.2 Å². The summed E-state index contributed by atoms with van der Waals surface area (Å²) in [5.74, 6) is -0.379. The molecule has 1 fully saturated rings. The Morgan fingerprint density at radius 2 is 1.89 bits per heavy atom. The van der Waals surface area contributed by atoms with Crippen LogP contribution in [0.25, 0.3) is 5.69 Å². The summed E-state index contributed by atoms with van der Waals surface area (Å²) in [5.41, 5.74) is 1.42. The van der Waals surface area contributed by atoms with Gasteiger partial charge >= 0.3 is 0 Å². The summed E-state index contributed by atoms with van der Waals surface area (Å²) in [6.07, 6.45) is 3.31. The normalized spacial score (nSPS) is 16.4. The molecule has 2 aromatic rings. The Morgan fingerprint density at radius 1 is 1.26 bits per heavy atom. The lowest BCUT2D eigenvalue weighted by molar-refractivity contribution is -0.134. The molecule has 1 aromatic heterocycles. The number of carbonyl (C=O) groups excluding carboxylic acids is 1. The Hall–Kier alpha value is -1.97. The molecular weight excluding hydrogens is 390 g/mol. The molecule has 0 saturated carbocycles. The number of para-hydroxylation sites is 1. The van der Waals surface area contributed by atoms with Gasteiger partial charge in [0.2, 0.25) is 5.91 Å². The van der Waals surface area contributed by atoms with Gasteiger partial charge in [-0.2, -0.15) is 15.0 Å². The summed E-state index contributed by atoms with van der Waals surface area (Å²) in [6.45, 7) is 1.23. The first-order valence-corrected chi connectivity index (χ1v) is 10.4. The van der Waals surface area contributed by atoms with E-state index in [-0.39, 0.29) is 37.7 Å². The van der Waals surface area contributed by atoms with Gasteiger partial charge in [-0.15, -0.1) is 12.4 Å². The fourth-order valence-corrected chi connectivity index (χ4v) is 4.71. The van der Waals surface area contributed by atoms with E-state index in [4.69, 9.17) is 0 Å². The molecule has 0 bridgehead atoms. The molecule has 0 atom stereocenters. The first-order chi connectivity index (χ1) is 12.3. The molecule has 1 aromatic carbocycles. The van der Waals surface area contributed by atoms with Crippen molar-refractivity contribution < 1.29 is 13.2 Å². The lowest BCUT2D eigenvalue weighted by Crippen LogP contribution is -2.57. The van der Waals surface area contributed by atoms with E-state index in [2.05, 4.69) is 15.5 Å². The Kier molecular flexibility index (Phi) is 6.61. The smallest absolute Gasteiger partial charge is 0.244 e. The molecule has 1 N–H and O–H groups in total. The van der Waals surface area contributed by atoms with E-state index >= 15 is 0 Å². The number of amides is 1. The molecule has 3 rings (SSSR count). The molecule has 10 heteroatoms. The Morgan fingerprint density at radius 3 is 2.48 bits per heavy atom.